The van der Waals surface area contributed by atoms with E-state index in [2.05, 4.69) is 4.98 Å². The van der Waals surface area contributed by atoms with Crippen LogP contribution < -0.4 is 5.56 Å². The van der Waals surface area contributed by atoms with Crippen LogP contribution in [0.5, 0.6) is 0 Å². The van der Waals surface area contributed by atoms with Crippen LogP contribution in [0.4, 0.5) is 0 Å². The van der Waals surface area contributed by atoms with E-state index in [0.29, 0.717) is 17.0 Å². The van der Waals surface area contributed by atoms with Crippen molar-refractivity contribution in [3.63, 3.8) is 0 Å². The molecule has 0 atom stereocenters. The maximum atomic E-state index is 11.0. The normalized spacial score (nSPS) is 10.1. The molecule has 0 unspecified atom stereocenters. The van der Waals surface area contributed by atoms with Crippen molar-refractivity contribution >= 4 is 23.2 Å². The van der Waals surface area contributed by atoms with Crippen LogP contribution in [0.2, 0.25) is 10.2 Å². The quantitative estimate of drug-likeness (QED) is 0.680. The van der Waals surface area contributed by atoms with Crippen LogP contribution in [0.1, 0.15) is 12.5 Å². The SMILES string of the molecule is CCc1cc(Cl)c(Cl)[nH]c1=O. The van der Waals surface area contributed by atoms with Crippen molar-refractivity contribution in [2.24, 2.45) is 0 Å². The zero-order valence-electron chi connectivity index (χ0n) is 5.95. The highest BCUT2D eigenvalue weighted by molar-refractivity contribution is 6.41. The molecule has 0 aliphatic heterocycles. The van der Waals surface area contributed by atoms with Gasteiger partial charge in [-0.25, -0.2) is 0 Å². The Morgan fingerprint density at radius 3 is 2.73 bits per heavy atom. The summed E-state index contributed by atoms with van der Waals surface area (Å²) in [5.74, 6) is 0. The monoisotopic (exact) mass is 191 g/mol. The number of aromatic amines is 1. The zero-order chi connectivity index (χ0) is 8.43. The molecule has 0 saturated heterocycles. The van der Waals surface area contributed by atoms with Gasteiger partial charge in [0.2, 0.25) is 0 Å². The van der Waals surface area contributed by atoms with Crippen LogP contribution >= 0.6 is 23.2 Å². The average molecular weight is 192 g/mol. The molecule has 1 heterocycles. The fourth-order valence-corrected chi connectivity index (χ4v) is 1.10. The third-order valence-corrected chi connectivity index (χ3v) is 2.10. The van der Waals surface area contributed by atoms with Crippen LogP contribution in [0, 0.1) is 0 Å². The highest BCUT2D eigenvalue weighted by Gasteiger charge is 2.02. The van der Waals surface area contributed by atoms with Crippen LogP contribution in [-0.2, 0) is 6.42 Å². The Hall–Kier alpha value is -0.470. The van der Waals surface area contributed by atoms with Crippen molar-refractivity contribution in [1.29, 1.82) is 0 Å². The maximum Gasteiger partial charge on any atom is 0.252 e. The number of H-pyrrole nitrogens is 1. The fourth-order valence-electron chi connectivity index (χ4n) is 0.784. The third-order valence-electron chi connectivity index (χ3n) is 1.41. The molecule has 0 amide bonds. The molecule has 0 aliphatic carbocycles. The van der Waals surface area contributed by atoms with Crippen molar-refractivity contribution < 1.29 is 0 Å². The Kier molecular flexibility index (Phi) is 2.58. The highest BCUT2D eigenvalue weighted by Crippen LogP contribution is 2.17. The standard InChI is InChI=1S/C7H7Cl2NO/c1-2-4-3-5(8)6(9)10-7(4)11/h3H,2H2,1H3,(H,10,11). The Morgan fingerprint density at radius 2 is 2.18 bits per heavy atom. The molecular formula is C7H7Cl2NO. The van der Waals surface area contributed by atoms with Crippen molar-refractivity contribution in [3.8, 4) is 0 Å². The molecule has 0 aliphatic rings. The first-order valence-corrected chi connectivity index (χ1v) is 3.98. The predicted octanol–water partition coefficient (Wildman–Crippen LogP) is 2.24. The first-order valence-electron chi connectivity index (χ1n) is 3.22. The summed E-state index contributed by atoms with van der Waals surface area (Å²) in [6, 6.07) is 1.59. The predicted molar refractivity (Wildman–Crippen MR) is 46.5 cm³/mol. The Balaban J connectivity index is 3.32. The lowest BCUT2D eigenvalue weighted by atomic mass is 10.2. The van der Waals surface area contributed by atoms with Gasteiger partial charge in [0, 0.05) is 5.56 Å². The van der Waals surface area contributed by atoms with Gasteiger partial charge in [-0.2, -0.15) is 0 Å². The molecule has 0 radical (unpaired) electrons. The molecule has 2 nitrogen and oxygen atoms in total. The van der Waals surface area contributed by atoms with E-state index in [1.165, 1.54) is 0 Å². The number of aryl methyl sites for hydroxylation is 1. The largest absolute Gasteiger partial charge is 0.311 e. The molecule has 1 rings (SSSR count). The molecule has 0 bridgehead atoms. The summed E-state index contributed by atoms with van der Waals surface area (Å²) >= 11 is 11.2. The first-order chi connectivity index (χ1) is 5.15. The van der Waals surface area contributed by atoms with E-state index in [0.717, 1.165) is 0 Å². The minimum absolute atomic E-state index is 0.165. The third kappa shape index (κ3) is 1.76. The second kappa shape index (κ2) is 3.28. The van der Waals surface area contributed by atoms with Crippen molar-refractivity contribution in [1.82, 2.24) is 4.98 Å². The topological polar surface area (TPSA) is 32.9 Å². The van der Waals surface area contributed by atoms with Gasteiger partial charge in [0.05, 0.1) is 5.02 Å². The van der Waals surface area contributed by atoms with E-state index in [4.69, 9.17) is 23.2 Å². The molecule has 0 saturated carbocycles. The van der Waals surface area contributed by atoms with Gasteiger partial charge in [0.15, 0.2) is 0 Å². The second-order valence-corrected chi connectivity index (χ2v) is 2.92. The molecule has 60 valence electrons. The smallest absolute Gasteiger partial charge is 0.252 e. The lowest BCUT2D eigenvalue weighted by Crippen LogP contribution is -2.11. The molecule has 4 heteroatoms. The van der Waals surface area contributed by atoms with Crippen molar-refractivity contribution in [3.05, 3.63) is 32.2 Å². The molecule has 11 heavy (non-hydrogen) atoms. The van der Waals surface area contributed by atoms with Gasteiger partial charge in [-0.1, -0.05) is 30.1 Å². The minimum atomic E-state index is -0.165. The van der Waals surface area contributed by atoms with E-state index in [1.807, 2.05) is 6.92 Å². The number of nitrogens with one attached hydrogen (secondary N) is 1. The van der Waals surface area contributed by atoms with Crippen LogP contribution in [0.25, 0.3) is 0 Å². The summed E-state index contributed by atoms with van der Waals surface area (Å²) in [4.78, 5) is 13.5. The average Bonchev–Trinajstić information content (AvgIpc) is 1.97. The van der Waals surface area contributed by atoms with Gasteiger partial charge >= 0.3 is 0 Å². The molecule has 1 aromatic heterocycles. The fraction of sp³-hybridized carbons (Fsp3) is 0.286. The lowest BCUT2D eigenvalue weighted by Gasteiger charge is -1.97. The van der Waals surface area contributed by atoms with Crippen molar-refractivity contribution in [2.45, 2.75) is 13.3 Å². The van der Waals surface area contributed by atoms with Gasteiger partial charge in [-0.15, -0.1) is 0 Å². The summed E-state index contributed by atoms with van der Waals surface area (Å²) in [5, 5.41) is 0.594. The molecule has 0 aromatic carbocycles. The van der Waals surface area contributed by atoms with E-state index < -0.39 is 0 Å². The maximum absolute atomic E-state index is 11.0. The summed E-state index contributed by atoms with van der Waals surface area (Å²) in [6.07, 6.45) is 0.659. The minimum Gasteiger partial charge on any atom is -0.311 e. The highest BCUT2D eigenvalue weighted by atomic mass is 35.5. The summed E-state index contributed by atoms with van der Waals surface area (Å²) in [6.45, 7) is 1.88. The van der Waals surface area contributed by atoms with Gasteiger partial charge in [-0.05, 0) is 12.5 Å². The van der Waals surface area contributed by atoms with E-state index >= 15 is 0 Å². The van der Waals surface area contributed by atoms with Crippen LogP contribution in [0.15, 0.2) is 10.9 Å². The Morgan fingerprint density at radius 1 is 1.55 bits per heavy atom. The molecule has 1 N–H and O–H groups in total. The van der Waals surface area contributed by atoms with Gasteiger partial charge in [0.1, 0.15) is 5.15 Å². The number of hydrogen-bond acceptors (Lipinski definition) is 1. The number of pyridine rings is 1. The van der Waals surface area contributed by atoms with E-state index in [-0.39, 0.29) is 10.7 Å². The van der Waals surface area contributed by atoms with E-state index in [1.54, 1.807) is 6.07 Å². The second-order valence-electron chi connectivity index (χ2n) is 2.14. The molecule has 1 aromatic rings. The number of hydrogen-bond donors (Lipinski definition) is 1. The van der Waals surface area contributed by atoms with Crippen molar-refractivity contribution in [2.75, 3.05) is 0 Å². The lowest BCUT2D eigenvalue weighted by molar-refractivity contribution is 1.06. The van der Waals surface area contributed by atoms with Gasteiger partial charge in [0.25, 0.3) is 5.56 Å². The summed E-state index contributed by atoms with van der Waals surface area (Å²) in [7, 11) is 0. The van der Waals surface area contributed by atoms with Gasteiger partial charge in [-0.3, -0.25) is 4.79 Å². The summed E-state index contributed by atoms with van der Waals surface area (Å²) in [5.41, 5.74) is 0.487. The van der Waals surface area contributed by atoms with Crippen LogP contribution in [0.3, 0.4) is 0 Å². The molecule has 0 fully saturated rings. The molecular weight excluding hydrogens is 185 g/mol. The number of aromatic nitrogens is 1. The Labute approximate surface area is 74.1 Å². The van der Waals surface area contributed by atoms with Crippen LogP contribution in [-0.4, -0.2) is 4.98 Å². The Bertz CT molecular complexity index is 319. The van der Waals surface area contributed by atoms with E-state index in [9.17, 15) is 4.79 Å². The molecule has 0 spiro atoms. The zero-order valence-corrected chi connectivity index (χ0v) is 7.46. The van der Waals surface area contributed by atoms with Gasteiger partial charge < -0.3 is 4.98 Å². The first kappa shape index (κ1) is 8.62. The number of halogens is 2. The summed E-state index contributed by atoms with van der Waals surface area (Å²) < 4.78 is 0. The number of rotatable bonds is 1.